The number of hydrogen-bond acceptors (Lipinski definition) is 3. The largest absolute Gasteiger partial charge is 1.00 e. The number of esters is 1. The van der Waals surface area contributed by atoms with Crippen molar-refractivity contribution in [3.63, 3.8) is 0 Å². The van der Waals surface area contributed by atoms with Crippen LogP contribution < -0.4 is 24.0 Å². The van der Waals surface area contributed by atoms with E-state index < -0.39 is 0 Å². The lowest BCUT2D eigenvalue weighted by atomic mass is 9.46. The molecule has 0 bridgehead atoms. The third-order valence-corrected chi connectivity index (χ3v) is 12.2. The summed E-state index contributed by atoms with van der Waals surface area (Å²) in [6.45, 7) is 14.2. The van der Waals surface area contributed by atoms with E-state index in [-0.39, 0.29) is 47.4 Å². The van der Waals surface area contributed by atoms with Crippen LogP contribution in [-0.4, -0.2) is 69.8 Å². The van der Waals surface area contributed by atoms with E-state index in [1.54, 1.807) is 5.57 Å². The van der Waals surface area contributed by atoms with Crippen LogP contribution in [0.4, 0.5) is 0 Å². The highest BCUT2D eigenvalue weighted by Crippen LogP contribution is 2.67. The second kappa shape index (κ2) is 13.9. The monoisotopic (exact) mass is 684 g/mol. The quantitative estimate of drug-likeness (QED) is 0.135. The molecule has 0 heterocycles. The molecule has 3 saturated carbocycles. The number of hydrogen-bond donors (Lipinski definition) is 0. The van der Waals surface area contributed by atoms with Crippen LogP contribution in [0.1, 0.15) is 105 Å². The average molecular weight is 685 g/mol. The van der Waals surface area contributed by atoms with Gasteiger partial charge in [-0.1, -0.05) is 65.5 Å². The Balaban J connectivity index is 0.00000462. The van der Waals surface area contributed by atoms with Gasteiger partial charge < -0.3 is 38.1 Å². The van der Waals surface area contributed by atoms with Crippen LogP contribution in [0, 0.1) is 52.3 Å². The minimum absolute atomic E-state index is 0. The molecule has 0 aromatic heterocycles. The Hall–Kier alpha value is -0.140. The molecule has 9 atom stereocenters. The standard InChI is InChI=1S/C36H65N2O2.HI/c1-25(2)12-11-13-26(3)31-16-17-32-30-15-14-28-22-27(18-20-35(28,4)33(30)19-21-36(31,32)5)34(39)40-29(23-37(6)7)24-38(8,9)10;/h14,25-27,29-33H,11-13,15-24H2,1-10H3;1H/q+1;/p-1/t26-,27?,29?,30+,31-,32+,33+,35+,36-;/m1./s1. The van der Waals surface area contributed by atoms with E-state index in [2.05, 4.69) is 80.8 Å². The van der Waals surface area contributed by atoms with Gasteiger partial charge in [0.2, 0.25) is 0 Å². The number of nitrogens with zero attached hydrogens (tertiary/aromatic N) is 2. The smallest absolute Gasteiger partial charge is 0.309 e. The van der Waals surface area contributed by atoms with E-state index in [1.807, 2.05) is 0 Å². The van der Waals surface area contributed by atoms with Crippen LogP contribution in [0.25, 0.3) is 0 Å². The van der Waals surface area contributed by atoms with Gasteiger partial charge in [0.05, 0.1) is 27.1 Å². The molecular weight excluding hydrogens is 619 g/mol. The number of allylic oxidation sites excluding steroid dienone is 2. The first-order valence-corrected chi connectivity index (χ1v) is 17.0. The van der Waals surface area contributed by atoms with Crippen molar-refractivity contribution in [2.24, 2.45) is 52.3 Å². The number of ether oxygens (including phenoxy) is 1. The third kappa shape index (κ3) is 7.93. The highest BCUT2D eigenvalue weighted by molar-refractivity contribution is 5.73. The Morgan fingerprint density at radius 3 is 2.37 bits per heavy atom. The zero-order valence-electron chi connectivity index (χ0n) is 28.5. The molecule has 0 aromatic rings. The molecule has 0 aliphatic heterocycles. The summed E-state index contributed by atoms with van der Waals surface area (Å²) in [6, 6.07) is 0. The van der Waals surface area contributed by atoms with Crippen molar-refractivity contribution in [2.45, 2.75) is 111 Å². The van der Waals surface area contributed by atoms with E-state index in [0.717, 1.165) is 72.3 Å². The summed E-state index contributed by atoms with van der Waals surface area (Å²) < 4.78 is 7.02. The van der Waals surface area contributed by atoms with Crippen molar-refractivity contribution in [2.75, 3.05) is 48.3 Å². The molecule has 0 aromatic carbocycles. The Labute approximate surface area is 271 Å². The molecule has 4 aliphatic carbocycles. The minimum Gasteiger partial charge on any atom is -1.00 e. The first kappa shape index (κ1) is 35.3. The number of carbonyl (C=O) groups is 1. The molecule has 4 nitrogen and oxygen atoms in total. The Bertz CT molecular complexity index is 910. The first-order valence-electron chi connectivity index (χ1n) is 17.0. The van der Waals surface area contributed by atoms with Gasteiger partial charge in [-0.05, 0) is 112 Å². The predicted octanol–water partition coefficient (Wildman–Crippen LogP) is 4.83. The van der Waals surface area contributed by atoms with Gasteiger partial charge in [0, 0.05) is 6.54 Å². The van der Waals surface area contributed by atoms with E-state index in [9.17, 15) is 4.79 Å². The lowest BCUT2D eigenvalue weighted by Gasteiger charge is -2.58. The van der Waals surface area contributed by atoms with Gasteiger partial charge >= 0.3 is 5.97 Å². The number of fused-ring (bicyclic) bond motifs is 5. The number of carbonyl (C=O) groups excluding carboxylic acids is 1. The molecule has 41 heavy (non-hydrogen) atoms. The molecule has 4 rings (SSSR count). The van der Waals surface area contributed by atoms with Crippen LogP contribution in [0.2, 0.25) is 0 Å². The molecule has 2 unspecified atom stereocenters. The van der Waals surface area contributed by atoms with Crippen molar-refractivity contribution >= 4 is 5.97 Å². The van der Waals surface area contributed by atoms with E-state index in [1.165, 1.54) is 51.4 Å². The maximum absolute atomic E-state index is 13.5. The third-order valence-electron chi connectivity index (χ3n) is 12.2. The normalized spacial score (nSPS) is 36.5. The highest BCUT2D eigenvalue weighted by Gasteiger charge is 2.59. The number of halogens is 1. The lowest BCUT2D eigenvalue weighted by Crippen LogP contribution is -3.00. The van der Waals surface area contributed by atoms with Gasteiger partial charge in [0.25, 0.3) is 0 Å². The molecule has 0 amide bonds. The molecule has 238 valence electrons. The number of rotatable bonds is 11. The van der Waals surface area contributed by atoms with Crippen molar-refractivity contribution in [1.82, 2.24) is 4.90 Å². The summed E-state index contributed by atoms with van der Waals surface area (Å²) in [5.41, 5.74) is 2.42. The maximum atomic E-state index is 13.5. The molecule has 5 heteroatoms. The number of quaternary nitrogens is 1. The molecular formula is C36H65IN2O2. The lowest BCUT2D eigenvalue weighted by molar-refractivity contribution is -0.873. The Morgan fingerprint density at radius 2 is 1.73 bits per heavy atom. The van der Waals surface area contributed by atoms with Crippen LogP contribution in [-0.2, 0) is 9.53 Å². The summed E-state index contributed by atoms with van der Waals surface area (Å²) in [5, 5.41) is 0. The van der Waals surface area contributed by atoms with E-state index in [0.29, 0.717) is 5.41 Å². The van der Waals surface area contributed by atoms with Crippen LogP contribution in [0.15, 0.2) is 11.6 Å². The zero-order chi connectivity index (χ0) is 29.5. The van der Waals surface area contributed by atoms with Crippen LogP contribution in [0.3, 0.4) is 0 Å². The summed E-state index contributed by atoms with van der Waals surface area (Å²) >= 11 is 0. The predicted molar refractivity (Wildman–Crippen MR) is 168 cm³/mol. The Kier molecular flexibility index (Phi) is 12.0. The van der Waals surface area contributed by atoms with Crippen molar-refractivity contribution in [3.05, 3.63) is 11.6 Å². The first-order chi connectivity index (χ1) is 18.6. The second-order valence-corrected chi connectivity index (χ2v) is 17.0. The minimum atomic E-state index is -0.0559. The fourth-order valence-electron chi connectivity index (χ4n) is 10.3. The van der Waals surface area contributed by atoms with E-state index in [4.69, 9.17) is 4.74 Å². The molecule has 0 spiro atoms. The second-order valence-electron chi connectivity index (χ2n) is 17.0. The summed E-state index contributed by atoms with van der Waals surface area (Å²) in [4.78, 5) is 15.6. The fourth-order valence-corrected chi connectivity index (χ4v) is 10.3. The van der Waals surface area contributed by atoms with Gasteiger partial charge in [-0.2, -0.15) is 0 Å². The average Bonchev–Trinajstić information content (AvgIpc) is 3.19. The zero-order valence-corrected chi connectivity index (χ0v) is 30.6. The van der Waals surface area contributed by atoms with Gasteiger partial charge in [0.15, 0.2) is 6.10 Å². The van der Waals surface area contributed by atoms with Crippen molar-refractivity contribution in [3.8, 4) is 0 Å². The van der Waals surface area contributed by atoms with Gasteiger partial charge in [-0.25, -0.2) is 0 Å². The summed E-state index contributed by atoms with van der Waals surface area (Å²) in [5.74, 6) is 5.23. The van der Waals surface area contributed by atoms with Gasteiger partial charge in [-0.15, -0.1) is 0 Å². The molecule has 0 saturated heterocycles. The topological polar surface area (TPSA) is 29.5 Å². The van der Waals surface area contributed by atoms with Crippen LogP contribution >= 0.6 is 0 Å². The summed E-state index contributed by atoms with van der Waals surface area (Å²) in [7, 11) is 10.7. The highest BCUT2D eigenvalue weighted by atomic mass is 127. The fraction of sp³-hybridized carbons (Fsp3) is 0.917. The molecule has 0 radical (unpaired) electrons. The SMILES string of the molecule is CC(C)CCC[C@@H](C)[C@H]1CC[C@H]2[C@@H]3CC=C4CC(C(=O)OC(CN(C)C)C[N+](C)(C)C)CC[C@]4(C)[C@H]3CC[C@]12C.[I-]. The molecule has 0 N–H and O–H groups in total. The van der Waals surface area contributed by atoms with E-state index >= 15 is 0 Å². The van der Waals surface area contributed by atoms with Crippen molar-refractivity contribution < 1.29 is 38.0 Å². The molecule has 3 fully saturated rings. The molecule has 4 aliphatic rings. The van der Waals surface area contributed by atoms with Crippen LogP contribution in [0.5, 0.6) is 0 Å². The number of likely N-dealkylation sites (N-methyl/N-ethyl adjacent to an activating group) is 2. The Morgan fingerprint density at radius 1 is 1.02 bits per heavy atom. The van der Waals surface area contributed by atoms with Gasteiger partial charge in [0.1, 0.15) is 6.54 Å². The maximum Gasteiger partial charge on any atom is 0.309 e. The summed E-state index contributed by atoms with van der Waals surface area (Å²) in [6.07, 6.45) is 16.8. The van der Waals surface area contributed by atoms with Gasteiger partial charge in [-0.3, -0.25) is 4.79 Å². The van der Waals surface area contributed by atoms with Crippen molar-refractivity contribution in [1.29, 1.82) is 0 Å².